The van der Waals surface area contributed by atoms with Gasteiger partial charge in [-0.2, -0.15) is 0 Å². The van der Waals surface area contributed by atoms with Gasteiger partial charge in [0.25, 0.3) is 0 Å². The Morgan fingerprint density at radius 1 is 1.67 bits per heavy atom. The lowest BCUT2D eigenvalue weighted by Crippen LogP contribution is -2.35. The Balaban J connectivity index is 2.12. The van der Waals surface area contributed by atoms with E-state index in [-0.39, 0.29) is 30.2 Å². The number of rotatable bonds is 3. The highest BCUT2D eigenvalue weighted by atomic mass is 19.1. The number of carbonyl (C=O) groups excluding carboxylic acids is 1. The molecule has 0 aromatic heterocycles. The summed E-state index contributed by atoms with van der Waals surface area (Å²) < 4.78 is 18.7. The molecule has 4 nitrogen and oxygen atoms in total. The van der Waals surface area contributed by atoms with Crippen molar-refractivity contribution in [3.05, 3.63) is 29.6 Å². The van der Waals surface area contributed by atoms with Crippen molar-refractivity contribution in [2.45, 2.75) is 31.8 Å². The number of carbonyl (C=O) groups is 1. The zero-order valence-electron chi connectivity index (χ0n) is 10.3. The molecule has 1 amide bonds. The lowest BCUT2D eigenvalue weighted by atomic mass is 10.00. The van der Waals surface area contributed by atoms with Crippen LogP contribution in [0, 0.1) is 5.82 Å². The standard InChI is InChI=1S/C13H17FN2O2/c1-8(15)6-13(17)16-11-4-5-18-12-3-2-9(14)7-10(11)12/h2-3,7-8,11H,4-6,15H2,1H3,(H,16,17). The van der Waals surface area contributed by atoms with Crippen molar-refractivity contribution in [1.82, 2.24) is 5.32 Å². The van der Waals surface area contributed by atoms with Crippen LogP contribution in [0.2, 0.25) is 0 Å². The minimum Gasteiger partial charge on any atom is -0.493 e. The van der Waals surface area contributed by atoms with Crippen molar-refractivity contribution in [2.24, 2.45) is 5.73 Å². The number of benzene rings is 1. The number of halogens is 1. The Kier molecular flexibility index (Phi) is 3.81. The lowest BCUT2D eigenvalue weighted by Gasteiger charge is -2.27. The zero-order valence-corrected chi connectivity index (χ0v) is 10.3. The van der Waals surface area contributed by atoms with Crippen LogP contribution in [0.4, 0.5) is 4.39 Å². The van der Waals surface area contributed by atoms with E-state index in [1.807, 2.05) is 0 Å². The van der Waals surface area contributed by atoms with Crippen LogP contribution in [0.1, 0.15) is 31.4 Å². The largest absolute Gasteiger partial charge is 0.493 e. The van der Waals surface area contributed by atoms with E-state index in [2.05, 4.69) is 5.32 Å². The molecule has 1 heterocycles. The molecule has 18 heavy (non-hydrogen) atoms. The third-order valence-corrected chi connectivity index (χ3v) is 2.85. The average molecular weight is 252 g/mol. The molecule has 0 saturated heterocycles. The van der Waals surface area contributed by atoms with Crippen molar-refractivity contribution in [3.63, 3.8) is 0 Å². The molecule has 0 bridgehead atoms. The molecule has 0 aliphatic carbocycles. The van der Waals surface area contributed by atoms with Gasteiger partial charge in [-0.15, -0.1) is 0 Å². The van der Waals surface area contributed by atoms with E-state index in [1.165, 1.54) is 12.1 Å². The van der Waals surface area contributed by atoms with E-state index in [0.29, 0.717) is 24.3 Å². The first-order chi connectivity index (χ1) is 8.56. The molecule has 1 aliphatic heterocycles. The average Bonchev–Trinajstić information content (AvgIpc) is 2.28. The molecule has 5 heteroatoms. The Morgan fingerprint density at radius 2 is 2.44 bits per heavy atom. The van der Waals surface area contributed by atoms with Crippen molar-refractivity contribution in [1.29, 1.82) is 0 Å². The lowest BCUT2D eigenvalue weighted by molar-refractivity contribution is -0.122. The minimum atomic E-state index is -0.328. The van der Waals surface area contributed by atoms with E-state index < -0.39 is 0 Å². The number of amides is 1. The van der Waals surface area contributed by atoms with Gasteiger partial charge in [-0.1, -0.05) is 0 Å². The van der Waals surface area contributed by atoms with Gasteiger partial charge in [-0.3, -0.25) is 4.79 Å². The fraction of sp³-hybridized carbons (Fsp3) is 0.462. The highest BCUT2D eigenvalue weighted by Crippen LogP contribution is 2.32. The summed E-state index contributed by atoms with van der Waals surface area (Å²) in [6.45, 7) is 2.29. The maximum absolute atomic E-state index is 13.2. The van der Waals surface area contributed by atoms with Gasteiger partial charge in [0, 0.05) is 24.4 Å². The van der Waals surface area contributed by atoms with Crippen LogP contribution >= 0.6 is 0 Å². The van der Waals surface area contributed by atoms with E-state index in [1.54, 1.807) is 13.0 Å². The molecule has 98 valence electrons. The first-order valence-electron chi connectivity index (χ1n) is 6.03. The smallest absolute Gasteiger partial charge is 0.222 e. The van der Waals surface area contributed by atoms with E-state index >= 15 is 0 Å². The summed E-state index contributed by atoms with van der Waals surface area (Å²) in [5, 5.41) is 2.87. The van der Waals surface area contributed by atoms with E-state index in [0.717, 1.165) is 0 Å². The zero-order chi connectivity index (χ0) is 13.1. The van der Waals surface area contributed by atoms with Gasteiger partial charge in [-0.25, -0.2) is 4.39 Å². The number of ether oxygens (including phenoxy) is 1. The van der Waals surface area contributed by atoms with Crippen molar-refractivity contribution in [2.75, 3.05) is 6.61 Å². The second-order valence-electron chi connectivity index (χ2n) is 4.62. The maximum Gasteiger partial charge on any atom is 0.222 e. The predicted octanol–water partition coefficient (Wildman–Crippen LogP) is 1.50. The SMILES string of the molecule is CC(N)CC(=O)NC1CCOc2ccc(F)cc21. The Labute approximate surface area is 105 Å². The minimum absolute atomic E-state index is 0.118. The van der Waals surface area contributed by atoms with Crippen LogP contribution in [-0.2, 0) is 4.79 Å². The van der Waals surface area contributed by atoms with Gasteiger partial charge < -0.3 is 15.8 Å². The molecule has 3 N–H and O–H groups in total. The maximum atomic E-state index is 13.2. The summed E-state index contributed by atoms with van der Waals surface area (Å²) >= 11 is 0. The monoisotopic (exact) mass is 252 g/mol. The molecule has 0 radical (unpaired) electrons. The molecule has 1 aromatic carbocycles. The Bertz CT molecular complexity index is 449. The number of hydrogen-bond acceptors (Lipinski definition) is 3. The predicted molar refractivity (Wildman–Crippen MR) is 65.7 cm³/mol. The summed E-state index contributed by atoms with van der Waals surface area (Å²) in [4.78, 5) is 11.7. The van der Waals surface area contributed by atoms with Crippen LogP contribution < -0.4 is 15.8 Å². The van der Waals surface area contributed by atoms with Crippen molar-refractivity contribution in [3.8, 4) is 5.75 Å². The molecule has 0 fully saturated rings. The first kappa shape index (κ1) is 12.8. The normalized spacial score (nSPS) is 19.6. The number of nitrogens with two attached hydrogens (primary N) is 1. The summed E-state index contributed by atoms with van der Waals surface area (Å²) in [6.07, 6.45) is 0.906. The van der Waals surface area contributed by atoms with Gasteiger partial charge >= 0.3 is 0 Å². The van der Waals surface area contributed by atoms with Gasteiger partial charge in [0.15, 0.2) is 0 Å². The quantitative estimate of drug-likeness (QED) is 0.857. The van der Waals surface area contributed by atoms with Crippen LogP contribution in [0.5, 0.6) is 5.75 Å². The molecular formula is C13H17FN2O2. The molecule has 2 rings (SSSR count). The third-order valence-electron chi connectivity index (χ3n) is 2.85. The fourth-order valence-electron chi connectivity index (χ4n) is 2.06. The van der Waals surface area contributed by atoms with E-state index in [9.17, 15) is 9.18 Å². The molecule has 2 atom stereocenters. The van der Waals surface area contributed by atoms with Crippen LogP contribution in [0.15, 0.2) is 18.2 Å². The summed E-state index contributed by atoms with van der Waals surface area (Å²) in [5.74, 6) is 0.187. The van der Waals surface area contributed by atoms with Gasteiger partial charge in [0.2, 0.25) is 5.91 Å². The molecule has 1 aliphatic rings. The second-order valence-corrected chi connectivity index (χ2v) is 4.62. The summed E-state index contributed by atoms with van der Waals surface area (Å²) in [7, 11) is 0. The van der Waals surface area contributed by atoms with Crippen LogP contribution in [-0.4, -0.2) is 18.6 Å². The fourth-order valence-corrected chi connectivity index (χ4v) is 2.06. The van der Waals surface area contributed by atoms with E-state index in [4.69, 9.17) is 10.5 Å². The van der Waals surface area contributed by atoms with Gasteiger partial charge in [0.05, 0.1) is 12.6 Å². The molecule has 2 unspecified atom stereocenters. The van der Waals surface area contributed by atoms with Gasteiger partial charge in [-0.05, 0) is 25.1 Å². The number of hydrogen-bond donors (Lipinski definition) is 2. The molecule has 1 aromatic rings. The molecule has 0 spiro atoms. The van der Waals surface area contributed by atoms with Crippen LogP contribution in [0.25, 0.3) is 0 Å². The third kappa shape index (κ3) is 2.98. The summed E-state index contributed by atoms with van der Waals surface area (Å²) in [6, 6.07) is 3.97. The topological polar surface area (TPSA) is 64.4 Å². The highest BCUT2D eigenvalue weighted by Gasteiger charge is 2.23. The van der Waals surface area contributed by atoms with Crippen molar-refractivity contribution >= 4 is 5.91 Å². The second kappa shape index (κ2) is 5.35. The van der Waals surface area contributed by atoms with Crippen LogP contribution in [0.3, 0.4) is 0 Å². The Morgan fingerprint density at radius 3 is 3.17 bits per heavy atom. The molecule has 0 saturated carbocycles. The number of nitrogens with one attached hydrogen (secondary N) is 1. The highest BCUT2D eigenvalue weighted by molar-refractivity contribution is 5.77. The summed E-state index contributed by atoms with van der Waals surface area (Å²) in [5.41, 5.74) is 6.27. The Hall–Kier alpha value is -1.62. The molecular weight excluding hydrogens is 235 g/mol. The van der Waals surface area contributed by atoms with Crippen molar-refractivity contribution < 1.29 is 13.9 Å². The van der Waals surface area contributed by atoms with Gasteiger partial charge in [0.1, 0.15) is 11.6 Å². The first-order valence-corrected chi connectivity index (χ1v) is 6.03. The number of fused-ring (bicyclic) bond motifs is 1.